The third-order valence-corrected chi connectivity index (χ3v) is 12.5. The smallest absolute Gasteiger partial charge is 0.0464 e. The minimum Gasteiger partial charge on any atom is -0.214 e. The lowest BCUT2D eigenvalue weighted by molar-refractivity contribution is 1.44. The van der Waals surface area contributed by atoms with E-state index in [-0.39, 0.29) is 0 Å². The number of thiophene rings is 2. The second-order valence-corrected chi connectivity index (χ2v) is 18.3. The summed E-state index contributed by atoms with van der Waals surface area (Å²) in [7, 11) is -1.31. The van der Waals surface area contributed by atoms with E-state index in [2.05, 4.69) is 63.5 Å². The maximum Gasteiger partial charge on any atom is 0.0464 e. The highest BCUT2D eigenvalue weighted by atomic mass is 32.3. The summed E-state index contributed by atoms with van der Waals surface area (Å²) in [5.74, 6) is 0. The van der Waals surface area contributed by atoms with Crippen molar-refractivity contribution in [3.63, 3.8) is 0 Å². The van der Waals surface area contributed by atoms with Crippen LogP contribution in [0.5, 0.6) is 0 Å². The van der Waals surface area contributed by atoms with Crippen molar-refractivity contribution in [3.05, 3.63) is 23.3 Å². The molecule has 0 unspecified atom stereocenters. The Hall–Kier alpha value is -0.160. The first kappa shape index (κ1) is 16.7. The van der Waals surface area contributed by atoms with Gasteiger partial charge in [0.1, 0.15) is 0 Å². The van der Waals surface area contributed by atoms with Gasteiger partial charge in [-0.1, -0.05) is 0 Å². The van der Waals surface area contributed by atoms with E-state index >= 15 is 0 Å². The first-order valence-corrected chi connectivity index (χ1v) is 14.7. The fourth-order valence-corrected chi connectivity index (χ4v) is 9.58. The monoisotopic (exact) mass is 370 g/mol. The van der Waals surface area contributed by atoms with Crippen LogP contribution in [0, 0.1) is 13.8 Å². The van der Waals surface area contributed by atoms with Crippen LogP contribution in [0.3, 0.4) is 0 Å². The molecule has 2 aromatic heterocycles. The molecule has 0 radical (unpaired) electrons. The highest BCUT2D eigenvalue weighted by Gasteiger charge is 2.21. The Morgan fingerprint density at radius 2 is 0.955 bits per heavy atom. The summed E-state index contributed by atoms with van der Waals surface area (Å²) in [5, 5.41) is 2.96. The maximum atomic E-state index is 2.46. The topological polar surface area (TPSA) is 0 Å². The number of hydrogen-bond donors (Lipinski definition) is 0. The summed E-state index contributed by atoms with van der Waals surface area (Å²) >= 11 is 4.04. The zero-order valence-electron chi connectivity index (χ0n) is 14.8. The highest BCUT2D eigenvalue weighted by Crippen LogP contribution is 2.56. The van der Waals surface area contributed by atoms with Crippen molar-refractivity contribution in [3.8, 4) is 0 Å². The van der Waals surface area contributed by atoms with E-state index in [4.69, 9.17) is 0 Å². The van der Waals surface area contributed by atoms with Crippen LogP contribution in [0.4, 0.5) is 0 Å². The molecule has 0 saturated heterocycles. The molecular weight excluding hydrogens is 344 g/mol. The summed E-state index contributed by atoms with van der Waals surface area (Å²) in [6, 6.07) is 4.91. The molecule has 0 spiro atoms. The van der Waals surface area contributed by atoms with Gasteiger partial charge in [0.15, 0.2) is 0 Å². The molecule has 2 heterocycles. The number of benzene rings is 1. The lowest BCUT2D eigenvalue weighted by Crippen LogP contribution is -1.91. The first-order chi connectivity index (χ1) is 10.00. The lowest BCUT2D eigenvalue weighted by atomic mass is 10.1. The molecule has 3 rings (SSSR count). The third kappa shape index (κ3) is 2.62. The SMILES string of the molecule is Cc1c(S(C)(C)C)sc2cc3c(C)c(S(C)(C)C)sc3cc12. The minimum absolute atomic E-state index is 0.653. The number of aryl methyl sites for hydroxylation is 2. The molecule has 0 aliphatic heterocycles. The van der Waals surface area contributed by atoms with Crippen molar-refractivity contribution in [2.24, 2.45) is 0 Å². The first-order valence-electron chi connectivity index (χ1n) is 7.33. The van der Waals surface area contributed by atoms with E-state index in [1.54, 1.807) is 8.42 Å². The van der Waals surface area contributed by atoms with E-state index in [0.29, 0.717) is 0 Å². The van der Waals surface area contributed by atoms with Gasteiger partial charge in [0.25, 0.3) is 0 Å². The Balaban J connectivity index is 2.34. The summed E-state index contributed by atoms with van der Waals surface area (Å²) in [4.78, 5) is 0. The Morgan fingerprint density at radius 3 is 1.23 bits per heavy atom. The molecule has 0 bridgehead atoms. The van der Waals surface area contributed by atoms with Gasteiger partial charge in [0.2, 0.25) is 0 Å². The van der Waals surface area contributed by atoms with E-state index in [0.717, 1.165) is 0 Å². The van der Waals surface area contributed by atoms with Gasteiger partial charge in [0, 0.05) is 17.8 Å². The van der Waals surface area contributed by atoms with E-state index in [9.17, 15) is 0 Å². The van der Waals surface area contributed by atoms with E-state index < -0.39 is 20.1 Å². The van der Waals surface area contributed by atoms with Gasteiger partial charge in [0.05, 0.1) is 0 Å². The highest BCUT2D eigenvalue weighted by molar-refractivity contribution is 8.33. The van der Waals surface area contributed by atoms with Crippen molar-refractivity contribution < 1.29 is 0 Å². The molecule has 22 heavy (non-hydrogen) atoms. The van der Waals surface area contributed by atoms with E-state index in [1.165, 1.54) is 31.3 Å². The molecule has 122 valence electrons. The van der Waals surface area contributed by atoms with Crippen molar-refractivity contribution in [1.82, 2.24) is 0 Å². The van der Waals surface area contributed by atoms with Gasteiger partial charge < -0.3 is 0 Å². The fraction of sp³-hybridized carbons (Fsp3) is 0.444. The van der Waals surface area contributed by atoms with Crippen LogP contribution >= 0.6 is 42.7 Å². The number of fused-ring (bicyclic) bond motifs is 2. The zero-order valence-corrected chi connectivity index (χ0v) is 18.1. The van der Waals surface area contributed by atoms with Gasteiger partial charge in [-0.25, -0.2) is 20.1 Å². The molecule has 0 N–H and O–H groups in total. The van der Waals surface area contributed by atoms with Crippen LogP contribution < -0.4 is 0 Å². The molecule has 0 aliphatic carbocycles. The van der Waals surface area contributed by atoms with Crippen molar-refractivity contribution >= 4 is 62.9 Å². The lowest BCUT2D eigenvalue weighted by Gasteiger charge is -2.24. The van der Waals surface area contributed by atoms with Crippen LogP contribution in [0.1, 0.15) is 11.1 Å². The zero-order chi connectivity index (χ0) is 16.4. The molecule has 4 heteroatoms. The molecule has 0 amide bonds. The van der Waals surface area contributed by atoms with Gasteiger partial charge in [-0.05, 0) is 85.4 Å². The number of hydrogen-bond acceptors (Lipinski definition) is 2. The second-order valence-electron chi connectivity index (χ2n) is 7.55. The van der Waals surface area contributed by atoms with Crippen molar-refractivity contribution in [2.75, 3.05) is 37.5 Å². The van der Waals surface area contributed by atoms with E-state index in [1.807, 2.05) is 22.7 Å². The normalized spacial score (nSPS) is 14.9. The molecule has 0 aliphatic rings. The van der Waals surface area contributed by atoms with Crippen LogP contribution in [0.25, 0.3) is 20.2 Å². The predicted molar refractivity (Wildman–Crippen MR) is 114 cm³/mol. The second kappa shape index (κ2) is 5.17. The predicted octanol–water partition coefficient (Wildman–Crippen LogP) is 6.84. The molecular formula is C18H26S4. The average Bonchev–Trinajstić information content (AvgIpc) is 2.86. The van der Waals surface area contributed by atoms with Crippen LogP contribution in [0.2, 0.25) is 0 Å². The molecule has 0 saturated carbocycles. The van der Waals surface area contributed by atoms with Gasteiger partial charge >= 0.3 is 0 Å². The molecule has 0 fully saturated rings. The molecule has 0 nitrogen and oxygen atoms in total. The molecule has 3 aromatic rings. The Kier molecular flexibility index (Phi) is 3.92. The summed E-state index contributed by atoms with van der Waals surface area (Å²) in [6.45, 7) is 4.63. The van der Waals surface area contributed by atoms with Crippen molar-refractivity contribution in [1.29, 1.82) is 0 Å². The molecule has 1 aromatic carbocycles. The summed E-state index contributed by atoms with van der Waals surface area (Å²) in [6.07, 6.45) is 14.4. The molecule has 0 atom stereocenters. The Bertz CT molecular complexity index is 792. The third-order valence-electron chi connectivity index (χ3n) is 4.02. The van der Waals surface area contributed by atoms with Gasteiger partial charge in [-0.3, -0.25) is 0 Å². The van der Waals surface area contributed by atoms with Crippen molar-refractivity contribution in [2.45, 2.75) is 22.3 Å². The largest absolute Gasteiger partial charge is 0.214 e. The standard InChI is InChI=1S/C18H26S4/c1-11-13-9-16-14(12(2)18(20-16)22(6,7)8)10-15(13)19-17(11)21(3,4)5/h9-10H,1-8H3. The van der Waals surface area contributed by atoms with Gasteiger partial charge in [-0.2, -0.15) is 0 Å². The Labute approximate surface area is 145 Å². The fourth-order valence-electron chi connectivity index (χ4n) is 3.06. The van der Waals surface area contributed by atoms with Crippen LogP contribution in [-0.2, 0) is 0 Å². The Morgan fingerprint density at radius 1 is 0.636 bits per heavy atom. The summed E-state index contributed by atoms with van der Waals surface area (Å²) in [5.41, 5.74) is 3.03. The minimum atomic E-state index is -0.653. The van der Waals surface area contributed by atoms with Crippen LogP contribution in [-0.4, -0.2) is 37.5 Å². The quantitative estimate of drug-likeness (QED) is 0.463. The average molecular weight is 371 g/mol. The maximum absolute atomic E-state index is 2.46. The number of rotatable bonds is 2. The van der Waals surface area contributed by atoms with Gasteiger partial charge in [-0.15, -0.1) is 22.7 Å². The van der Waals surface area contributed by atoms with Crippen LogP contribution in [0.15, 0.2) is 20.6 Å². The summed E-state index contributed by atoms with van der Waals surface area (Å²) < 4.78 is 6.16.